The lowest BCUT2D eigenvalue weighted by Crippen LogP contribution is -2.18. The fourth-order valence-corrected chi connectivity index (χ4v) is 1.37. The Balaban J connectivity index is 2.78. The zero-order chi connectivity index (χ0) is 9.68. The second-order valence-electron chi connectivity index (χ2n) is 3.01. The lowest BCUT2D eigenvalue weighted by Gasteiger charge is -2.21. The Morgan fingerprint density at radius 3 is 2.08 bits per heavy atom. The molecule has 2 atom stereocenters. The second-order valence-corrected chi connectivity index (χ2v) is 3.01. The van der Waals surface area contributed by atoms with Crippen molar-refractivity contribution in [2.24, 2.45) is 0 Å². The van der Waals surface area contributed by atoms with Gasteiger partial charge in [-0.2, -0.15) is 0 Å². The molecule has 0 aliphatic carbocycles. The highest BCUT2D eigenvalue weighted by Crippen LogP contribution is 2.21. The van der Waals surface area contributed by atoms with Gasteiger partial charge in [-0.05, 0) is 12.5 Å². The van der Waals surface area contributed by atoms with Crippen molar-refractivity contribution in [3.8, 4) is 0 Å². The van der Waals surface area contributed by atoms with Crippen molar-refractivity contribution >= 4 is 0 Å². The van der Waals surface area contributed by atoms with Crippen LogP contribution in [0.2, 0.25) is 0 Å². The first-order valence-electron chi connectivity index (χ1n) is 4.40. The second kappa shape index (κ2) is 5.00. The maximum Gasteiger partial charge on any atom is 0.108 e. The summed E-state index contributed by atoms with van der Waals surface area (Å²) in [5.41, 5.74) is 1.15. The van der Waals surface area contributed by atoms with E-state index in [1.54, 1.807) is 14.2 Å². The Morgan fingerprint density at radius 2 is 1.62 bits per heavy atom. The zero-order valence-corrected chi connectivity index (χ0v) is 8.36. The van der Waals surface area contributed by atoms with E-state index in [9.17, 15) is 0 Å². The van der Waals surface area contributed by atoms with E-state index in [0.717, 1.165) is 5.56 Å². The van der Waals surface area contributed by atoms with Gasteiger partial charge >= 0.3 is 0 Å². The quantitative estimate of drug-likeness (QED) is 0.708. The van der Waals surface area contributed by atoms with E-state index in [1.165, 1.54) is 0 Å². The van der Waals surface area contributed by atoms with Gasteiger partial charge in [-0.25, -0.2) is 0 Å². The minimum Gasteiger partial charge on any atom is -0.379 e. The number of hydrogen-bond acceptors (Lipinski definition) is 2. The molecule has 0 saturated heterocycles. The fraction of sp³-hybridized carbons (Fsp3) is 0.455. The van der Waals surface area contributed by atoms with Crippen LogP contribution < -0.4 is 0 Å². The highest BCUT2D eigenvalue weighted by atomic mass is 16.5. The van der Waals surface area contributed by atoms with E-state index >= 15 is 0 Å². The number of methoxy groups -OCH3 is 2. The average Bonchev–Trinajstić information content (AvgIpc) is 2.20. The molecule has 0 radical (unpaired) electrons. The van der Waals surface area contributed by atoms with E-state index in [-0.39, 0.29) is 12.2 Å². The third kappa shape index (κ3) is 2.54. The summed E-state index contributed by atoms with van der Waals surface area (Å²) in [6, 6.07) is 10.1. The molecule has 2 unspecified atom stereocenters. The molecule has 0 spiro atoms. The molecule has 0 heterocycles. The fourth-order valence-electron chi connectivity index (χ4n) is 1.37. The van der Waals surface area contributed by atoms with Crippen LogP contribution in [-0.4, -0.2) is 20.3 Å². The summed E-state index contributed by atoms with van der Waals surface area (Å²) in [6.45, 7) is 2.00. The van der Waals surface area contributed by atoms with Gasteiger partial charge in [0, 0.05) is 14.2 Å². The van der Waals surface area contributed by atoms with Gasteiger partial charge in [0.25, 0.3) is 0 Å². The number of hydrogen-bond donors (Lipinski definition) is 0. The van der Waals surface area contributed by atoms with Crippen LogP contribution in [0, 0.1) is 0 Å². The van der Waals surface area contributed by atoms with Crippen LogP contribution in [0.3, 0.4) is 0 Å². The molecule has 0 saturated carbocycles. The lowest BCUT2D eigenvalue weighted by atomic mass is 10.1. The van der Waals surface area contributed by atoms with Crippen molar-refractivity contribution in [2.45, 2.75) is 19.1 Å². The summed E-state index contributed by atoms with van der Waals surface area (Å²) in [7, 11) is 3.40. The highest BCUT2D eigenvalue weighted by Gasteiger charge is 2.17. The summed E-state index contributed by atoms with van der Waals surface area (Å²) >= 11 is 0. The van der Waals surface area contributed by atoms with E-state index in [2.05, 4.69) is 0 Å². The summed E-state index contributed by atoms with van der Waals surface area (Å²) < 4.78 is 10.6. The van der Waals surface area contributed by atoms with Gasteiger partial charge in [-0.1, -0.05) is 30.3 Å². The molecule has 72 valence electrons. The number of benzene rings is 1. The SMILES string of the molecule is COC(C)C(OC)c1ccccc1. The van der Waals surface area contributed by atoms with Crippen LogP contribution in [0.15, 0.2) is 30.3 Å². The summed E-state index contributed by atoms with van der Waals surface area (Å²) in [5.74, 6) is 0. The molecule has 0 bridgehead atoms. The van der Waals surface area contributed by atoms with Crippen molar-refractivity contribution in [1.29, 1.82) is 0 Å². The van der Waals surface area contributed by atoms with E-state index < -0.39 is 0 Å². The van der Waals surface area contributed by atoms with Crippen LogP contribution in [0.4, 0.5) is 0 Å². The topological polar surface area (TPSA) is 18.5 Å². The molecule has 1 aromatic rings. The van der Waals surface area contributed by atoms with Crippen LogP contribution in [0.25, 0.3) is 0 Å². The molecule has 0 aliphatic heterocycles. The van der Waals surface area contributed by atoms with Gasteiger partial charge in [0.1, 0.15) is 6.10 Å². The first-order chi connectivity index (χ1) is 6.29. The van der Waals surface area contributed by atoms with Crippen LogP contribution in [0.5, 0.6) is 0 Å². The van der Waals surface area contributed by atoms with Crippen molar-refractivity contribution in [2.75, 3.05) is 14.2 Å². The van der Waals surface area contributed by atoms with E-state index in [0.29, 0.717) is 0 Å². The molecule has 1 rings (SSSR count). The van der Waals surface area contributed by atoms with Crippen molar-refractivity contribution in [1.82, 2.24) is 0 Å². The molecule has 0 aliphatic rings. The van der Waals surface area contributed by atoms with Gasteiger partial charge < -0.3 is 9.47 Å². The van der Waals surface area contributed by atoms with E-state index in [4.69, 9.17) is 9.47 Å². The van der Waals surface area contributed by atoms with Crippen molar-refractivity contribution in [3.63, 3.8) is 0 Å². The van der Waals surface area contributed by atoms with Crippen LogP contribution >= 0.6 is 0 Å². The Hall–Kier alpha value is -0.860. The third-order valence-electron chi connectivity index (χ3n) is 2.18. The zero-order valence-electron chi connectivity index (χ0n) is 8.36. The molecule has 2 heteroatoms. The Labute approximate surface area is 79.5 Å². The molecule has 0 amide bonds. The maximum atomic E-state index is 5.36. The monoisotopic (exact) mass is 180 g/mol. The highest BCUT2D eigenvalue weighted by molar-refractivity contribution is 5.18. The predicted octanol–water partition coefficient (Wildman–Crippen LogP) is 2.41. The molecule has 0 aromatic heterocycles. The summed E-state index contributed by atoms with van der Waals surface area (Å²) in [5, 5.41) is 0. The van der Waals surface area contributed by atoms with Crippen LogP contribution in [-0.2, 0) is 9.47 Å². The molecule has 0 N–H and O–H groups in total. The average molecular weight is 180 g/mol. The predicted molar refractivity (Wildman–Crippen MR) is 52.7 cm³/mol. The van der Waals surface area contributed by atoms with Gasteiger partial charge in [0.15, 0.2) is 0 Å². The molecular weight excluding hydrogens is 164 g/mol. The van der Waals surface area contributed by atoms with Crippen molar-refractivity contribution < 1.29 is 9.47 Å². The van der Waals surface area contributed by atoms with Gasteiger partial charge in [0.2, 0.25) is 0 Å². The maximum absolute atomic E-state index is 5.36. The van der Waals surface area contributed by atoms with Gasteiger partial charge in [0.05, 0.1) is 6.10 Å². The minimum atomic E-state index is 0.0196. The lowest BCUT2D eigenvalue weighted by molar-refractivity contribution is -0.0277. The van der Waals surface area contributed by atoms with E-state index in [1.807, 2.05) is 37.3 Å². The smallest absolute Gasteiger partial charge is 0.108 e. The normalized spacial score (nSPS) is 15.3. The van der Waals surface area contributed by atoms with Crippen LogP contribution in [0.1, 0.15) is 18.6 Å². The Kier molecular flexibility index (Phi) is 3.93. The summed E-state index contributed by atoms with van der Waals surface area (Å²) in [4.78, 5) is 0. The van der Waals surface area contributed by atoms with Gasteiger partial charge in [-0.15, -0.1) is 0 Å². The summed E-state index contributed by atoms with van der Waals surface area (Å²) in [6.07, 6.45) is 0.0959. The van der Waals surface area contributed by atoms with Gasteiger partial charge in [-0.3, -0.25) is 0 Å². The molecule has 0 fully saturated rings. The standard InChI is InChI=1S/C11H16O2/c1-9(12-2)11(13-3)10-7-5-4-6-8-10/h4-9,11H,1-3H3. The Morgan fingerprint density at radius 1 is 1.00 bits per heavy atom. The molecule has 1 aromatic carbocycles. The first-order valence-corrected chi connectivity index (χ1v) is 4.40. The first kappa shape index (κ1) is 10.2. The third-order valence-corrected chi connectivity index (χ3v) is 2.18. The molecular formula is C11H16O2. The number of ether oxygens (including phenoxy) is 2. The Bertz CT molecular complexity index is 233. The largest absolute Gasteiger partial charge is 0.379 e. The van der Waals surface area contributed by atoms with Crippen molar-refractivity contribution in [3.05, 3.63) is 35.9 Å². The molecule has 2 nitrogen and oxygen atoms in total. The number of rotatable bonds is 4. The minimum absolute atomic E-state index is 0.0196. The molecule has 13 heavy (non-hydrogen) atoms.